The first-order valence-electron chi connectivity index (χ1n) is 52.7. The van der Waals surface area contributed by atoms with Crippen LogP contribution in [0.1, 0.15) is 363 Å². The van der Waals surface area contributed by atoms with E-state index in [1.807, 2.05) is 0 Å². The molecule has 7 aromatic carbocycles. The molecule has 3 unspecified atom stereocenters. The van der Waals surface area contributed by atoms with Crippen LogP contribution in [0.3, 0.4) is 0 Å². The molecule has 0 radical (unpaired) electrons. The van der Waals surface area contributed by atoms with Crippen LogP contribution in [0.15, 0.2) is 164 Å². The van der Waals surface area contributed by atoms with E-state index in [2.05, 4.69) is 261 Å². The summed E-state index contributed by atoms with van der Waals surface area (Å²) in [5.41, 5.74) is 23.2. The summed E-state index contributed by atoms with van der Waals surface area (Å²) < 4.78 is 0. The van der Waals surface area contributed by atoms with Gasteiger partial charge in [0.2, 0.25) is 0 Å². The zero-order valence-corrected chi connectivity index (χ0v) is 79.5. The van der Waals surface area contributed by atoms with E-state index in [-0.39, 0.29) is 0 Å². The number of fused-ring (bicyclic) bond motifs is 15. The van der Waals surface area contributed by atoms with Crippen LogP contribution in [0.2, 0.25) is 0 Å². The van der Waals surface area contributed by atoms with Gasteiger partial charge in [-0.1, -0.05) is 300 Å². The highest BCUT2D eigenvalue weighted by atomic mass is 14.7. The predicted molar refractivity (Wildman–Crippen MR) is 522 cm³/mol. The fourth-order valence-electron chi connectivity index (χ4n) is 35.2. The van der Waals surface area contributed by atoms with Crippen molar-refractivity contribution < 1.29 is 0 Å². The Morgan fingerprint density at radius 3 is 0.910 bits per heavy atom. The van der Waals surface area contributed by atoms with E-state index >= 15 is 0 Å². The first-order chi connectivity index (χ1) is 59.0. The lowest BCUT2D eigenvalue weighted by molar-refractivity contribution is -0.117. The molecule has 654 valence electrons. The molecule has 0 heteroatoms. The summed E-state index contributed by atoms with van der Waals surface area (Å²) in [6.07, 6.45) is 52.2. The molecule has 0 nitrogen and oxygen atoms in total. The van der Waals surface area contributed by atoms with Gasteiger partial charge in [0.15, 0.2) is 0 Å². The van der Waals surface area contributed by atoms with Crippen molar-refractivity contribution >= 4 is 0 Å². The standard InChI is InChI=1S/C122H166/c1-78(2)24-21-27-81(7)110-56-59-113-107-53-49-93-72-90(48-52-105(93)106(107)64-69-120(110,113)12)84-36-42-87(43-37-84)99-30-15-18-33-102(99)94-73-95(103-34-19-16-31-100(103)88-44-38-85(39-45-88)91-62-67-118(10)97(76-91)50-54-108-114-60-57-111(82(8)28-22-25-79(3)4)121(114,13)70-65-116(108)118)75-96(74-94)104-35-20-17-32-101(104)89-46-40-86(41-47-89)92-63-68-119(11)98(77-92)51-55-109-115-61-58-112(83(9)29-23-26-80(5)6)122(115,14)71-66-117(109)119/h15-20,30-47,73-75,78-83,90-93,97-98,105-117H,21-29,48-72,76-77H2,1-14H3/t81-,82-,83-,90?,91?,92?,93+,97+,98+,105+,106-,107-,108+,109+,110-,111-,112-,113+,114+,115+,116+,117+,118+,119+,120-,121-,122-/m1/s1. The van der Waals surface area contributed by atoms with E-state index in [0.29, 0.717) is 44.8 Å². The van der Waals surface area contributed by atoms with Crippen LogP contribution in [-0.4, -0.2) is 0 Å². The van der Waals surface area contributed by atoms with E-state index in [9.17, 15) is 0 Å². The van der Waals surface area contributed by atoms with Crippen LogP contribution in [0.4, 0.5) is 0 Å². The number of rotatable bonds is 24. The normalized spacial score (nSPS) is 37.2. The Morgan fingerprint density at radius 1 is 0.246 bits per heavy atom. The molecule has 0 heterocycles. The third-order valence-corrected chi connectivity index (χ3v) is 41.6. The van der Waals surface area contributed by atoms with Gasteiger partial charge in [0.1, 0.15) is 0 Å². The zero-order chi connectivity index (χ0) is 84.1. The summed E-state index contributed by atoms with van der Waals surface area (Å²) in [6, 6.07) is 66.7. The monoisotopic (exact) mass is 1630 g/mol. The van der Waals surface area contributed by atoms with Crippen LogP contribution in [0.25, 0.3) is 66.8 Å². The molecule has 12 aliphatic carbocycles. The minimum Gasteiger partial charge on any atom is -0.0628 e. The first kappa shape index (κ1) is 85.9. The minimum atomic E-state index is 0.494. The third kappa shape index (κ3) is 15.9. The van der Waals surface area contributed by atoms with Gasteiger partial charge in [-0.2, -0.15) is 0 Å². The predicted octanol–water partition coefficient (Wildman–Crippen LogP) is 35.9. The second-order valence-corrected chi connectivity index (χ2v) is 48.6. The summed E-state index contributed by atoms with van der Waals surface area (Å²) in [4.78, 5) is 0. The second kappa shape index (κ2) is 35.2. The van der Waals surface area contributed by atoms with Crippen LogP contribution in [0, 0.1) is 157 Å². The molecule has 122 heavy (non-hydrogen) atoms. The van der Waals surface area contributed by atoms with Gasteiger partial charge in [0.25, 0.3) is 0 Å². The second-order valence-electron chi connectivity index (χ2n) is 48.6. The van der Waals surface area contributed by atoms with E-state index in [0.717, 1.165) is 130 Å². The van der Waals surface area contributed by atoms with Crippen LogP contribution in [0.5, 0.6) is 0 Å². The van der Waals surface area contributed by atoms with Gasteiger partial charge in [0, 0.05) is 0 Å². The fourth-order valence-corrected chi connectivity index (χ4v) is 35.2. The summed E-state index contributed by atoms with van der Waals surface area (Å²) in [7, 11) is 0. The number of hydrogen-bond acceptors (Lipinski definition) is 0. The summed E-state index contributed by atoms with van der Waals surface area (Å²) in [6.45, 7) is 36.5. The average molecular weight is 1630 g/mol. The van der Waals surface area contributed by atoms with Crippen molar-refractivity contribution in [3.05, 3.63) is 180 Å². The van der Waals surface area contributed by atoms with Crippen LogP contribution < -0.4 is 0 Å². The Morgan fingerprint density at radius 2 is 0.549 bits per heavy atom. The van der Waals surface area contributed by atoms with Crippen molar-refractivity contribution in [3.8, 4) is 66.8 Å². The number of benzene rings is 7. The Bertz CT molecular complexity index is 4490. The highest BCUT2D eigenvalue weighted by molar-refractivity contribution is 5.94. The quantitative estimate of drug-likeness (QED) is 0.0566. The van der Waals surface area contributed by atoms with Crippen LogP contribution >= 0.6 is 0 Å². The molecule has 0 aromatic heterocycles. The highest BCUT2D eigenvalue weighted by Crippen LogP contribution is 2.73. The smallest absolute Gasteiger partial charge is 0.0105 e. The van der Waals surface area contributed by atoms with Gasteiger partial charge in [-0.25, -0.2) is 0 Å². The van der Waals surface area contributed by atoms with Gasteiger partial charge in [-0.3, -0.25) is 0 Å². The highest BCUT2D eigenvalue weighted by Gasteiger charge is 2.64. The van der Waals surface area contributed by atoms with Crippen molar-refractivity contribution in [1.29, 1.82) is 0 Å². The molecule has 0 spiro atoms. The van der Waals surface area contributed by atoms with Crippen molar-refractivity contribution in [2.45, 2.75) is 346 Å². The molecular formula is C122H166. The van der Waals surface area contributed by atoms with E-state index in [1.54, 1.807) is 16.7 Å². The Balaban J connectivity index is 0.579. The molecule has 0 amide bonds. The van der Waals surface area contributed by atoms with Crippen molar-refractivity contribution in [3.63, 3.8) is 0 Å². The Hall–Kier alpha value is -5.46. The molecule has 0 saturated heterocycles. The SMILES string of the molecule is CC(C)CCC[C@@H](C)[C@H]1CC[C@H]2[C@@H]3CC[C@H]4CC(c5ccc(-c6ccccc6-c6cc(-c7ccccc7-c7ccc(C8CC[C@@]9(C)[C@@H](CC[C@@H]%10[C@@H]9CC[C@]9(C)[C@@H]([C@H](C)CCCC(C)C)CC[C@@H]%109)C8)cc7)cc(-c7ccccc7-c7ccc(C8CC[C@@]9(C)[C@@H](CC[C@@H]%10[C@@H]9CC[C@]9(C)[C@@H]([C@H](C)CCCC(C)C)CC[C@@H]%109)C8)cc7)c6)cc5)CC[C@@H]4[C@H]3CC[C@]12C. The molecule has 0 bridgehead atoms. The van der Waals surface area contributed by atoms with Crippen molar-refractivity contribution in [1.82, 2.24) is 0 Å². The van der Waals surface area contributed by atoms with Gasteiger partial charge in [0.05, 0.1) is 0 Å². The molecule has 27 atom stereocenters. The first-order valence-corrected chi connectivity index (χ1v) is 52.7. The molecule has 12 aliphatic rings. The summed E-state index contributed by atoms with van der Waals surface area (Å²) in [5, 5.41) is 0. The Kier molecular flexibility index (Phi) is 24.8. The average Bonchev–Trinajstić information content (AvgIpc) is 1.48. The minimum absolute atomic E-state index is 0.494. The largest absolute Gasteiger partial charge is 0.0628 e. The molecule has 0 N–H and O–H groups in total. The zero-order valence-electron chi connectivity index (χ0n) is 79.5. The fraction of sp³-hybridized carbons (Fsp3) is 0.656. The topological polar surface area (TPSA) is 0 Å². The molecule has 12 saturated carbocycles. The van der Waals surface area contributed by atoms with Crippen LogP contribution in [-0.2, 0) is 0 Å². The number of hydrogen-bond donors (Lipinski definition) is 0. The van der Waals surface area contributed by atoms with Gasteiger partial charge in [-0.05, 0) is 450 Å². The van der Waals surface area contributed by atoms with E-state index < -0.39 is 0 Å². The molecule has 12 fully saturated rings. The van der Waals surface area contributed by atoms with E-state index in [1.165, 1.54) is 298 Å². The third-order valence-electron chi connectivity index (χ3n) is 41.6. The maximum Gasteiger partial charge on any atom is -0.0105 e. The maximum absolute atomic E-state index is 2.81. The van der Waals surface area contributed by atoms with Gasteiger partial charge >= 0.3 is 0 Å². The lowest BCUT2D eigenvalue weighted by Crippen LogP contribution is -2.53. The lowest BCUT2D eigenvalue weighted by atomic mass is 9.43. The Labute approximate surface area is 745 Å². The summed E-state index contributed by atoms with van der Waals surface area (Å²) in [5.74, 6) is 22.0. The lowest BCUT2D eigenvalue weighted by Gasteiger charge is -2.61. The molecule has 7 aromatic rings. The van der Waals surface area contributed by atoms with E-state index in [4.69, 9.17) is 0 Å². The molecular weight excluding hydrogens is 1470 g/mol. The maximum atomic E-state index is 2.81. The van der Waals surface area contributed by atoms with Crippen molar-refractivity contribution in [2.75, 3.05) is 0 Å². The molecule has 19 rings (SSSR count). The van der Waals surface area contributed by atoms with Gasteiger partial charge < -0.3 is 0 Å². The molecule has 0 aliphatic heterocycles. The van der Waals surface area contributed by atoms with Gasteiger partial charge in [-0.15, -0.1) is 0 Å². The summed E-state index contributed by atoms with van der Waals surface area (Å²) >= 11 is 0. The van der Waals surface area contributed by atoms with Crippen molar-refractivity contribution in [2.24, 2.45) is 157 Å².